The molecule has 0 unspecified atom stereocenters. The first-order chi connectivity index (χ1) is 8.61. The Morgan fingerprint density at radius 2 is 2.28 bits per heavy atom. The van der Waals surface area contributed by atoms with E-state index in [4.69, 9.17) is 11.6 Å². The molecule has 0 bridgehead atoms. The third kappa shape index (κ3) is 2.13. The number of rotatable bonds is 2. The molecule has 2 rings (SSSR count). The Hall–Kier alpha value is -1.06. The number of carbonyl (C=O) groups is 1. The van der Waals surface area contributed by atoms with Crippen LogP contribution in [0.1, 0.15) is 31.2 Å². The molecule has 2 atom stereocenters. The van der Waals surface area contributed by atoms with Crippen molar-refractivity contribution in [1.29, 1.82) is 0 Å². The zero-order chi connectivity index (χ0) is 13.2. The van der Waals surface area contributed by atoms with E-state index >= 15 is 0 Å². The van der Waals surface area contributed by atoms with Crippen LogP contribution in [-0.4, -0.2) is 24.2 Å². The van der Waals surface area contributed by atoms with Crippen molar-refractivity contribution in [3.63, 3.8) is 0 Å². The van der Waals surface area contributed by atoms with E-state index in [2.05, 4.69) is 5.32 Å². The van der Waals surface area contributed by atoms with E-state index in [0.29, 0.717) is 17.9 Å². The molecular weight excluding hydrogens is 250 g/mol. The van der Waals surface area contributed by atoms with Crippen LogP contribution in [0.25, 0.3) is 0 Å². The highest BCUT2D eigenvalue weighted by Crippen LogP contribution is 2.40. The Balaban J connectivity index is 2.51. The van der Waals surface area contributed by atoms with Crippen molar-refractivity contribution < 1.29 is 9.90 Å². The van der Waals surface area contributed by atoms with E-state index in [1.54, 1.807) is 19.2 Å². The number of benzene rings is 1. The van der Waals surface area contributed by atoms with Crippen LogP contribution >= 0.6 is 11.6 Å². The maximum atomic E-state index is 12.3. The predicted molar refractivity (Wildman–Crippen MR) is 71.7 cm³/mol. The zero-order valence-electron chi connectivity index (χ0n) is 10.4. The zero-order valence-corrected chi connectivity index (χ0v) is 11.2. The van der Waals surface area contributed by atoms with Gasteiger partial charge in [0.15, 0.2) is 0 Å². The van der Waals surface area contributed by atoms with E-state index in [0.717, 1.165) is 18.4 Å². The first kappa shape index (κ1) is 13.4. The largest absolute Gasteiger partial charge is 0.392 e. The van der Waals surface area contributed by atoms with Crippen LogP contribution in [0.5, 0.6) is 0 Å². The quantitative estimate of drug-likeness (QED) is 0.864. The summed E-state index contributed by atoms with van der Waals surface area (Å²) >= 11 is 6.01. The molecule has 18 heavy (non-hydrogen) atoms. The molecule has 1 saturated carbocycles. The fourth-order valence-corrected chi connectivity index (χ4v) is 3.07. The van der Waals surface area contributed by atoms with Gasteiger partial charge >= 0.3 is 0 Å². The number of halogens is 1. The van der Waals surface area contributed by atoms with E-state index < -0.39 is 11.5 Å². The van der Waals surface area contributed by atoms with Crippen molar-refractivity contribution in [2.45, 2.75) is 37.2 Å². The van der Waals surface area contributed by atoms with Gasteiger partial charge in [0.25, 0.3) is 0 Å². The first-order valence-electron chi connectivity index (χ1n) is 6.27. The molecule has 0 saturated heterocycles. The molecule has 0 spiro atoms. The number of hydrogen-bond donors (Lipinski definition) is 2. The van der Waals surface area contributed by atoms with Gasteiger partial charge in [-0.2, -0.15) is 0 Å². The first-order valence-corrected chi connectivity index (χ1v) is 6.65. The SMILES string of the molecule is CNC(=O)[C@@]1(c2cccc(Cl)c2)CCCC[C@H]1O. The molecule has 98 valence electrons. The molecule has 0 heterocycles. The summed E-state index contributed by atoms with van der Waals surface area (Å²) in [4.78, 5) is 12.3. The summed E-state index contributed by atoms with van der Waals surface area (Å²) in [6, 6.07) is 7.25. The molecular formula is C14H18ClNO2. The van der Waals surface area contributed by atoms with E-state index in [1.807, 2.05) is 12.1 Å². The lowest BCUT2D eigenvalue weighted by Crippen LogP contribution is -2.53. The summed E-state index contributed by atoms with van der Waals surface area (Å²) < 4.78 is 0. The second-order valence-corrected chi connectivity index (χ2v) is 5.26. The lowest BCUT2D eigenvalue weighted by Gasteiger charge is -2.40. The maximum absolute atomic E-state index is 12.3. The lowest BCUT2D eigenvalue weighted by atomic mass is 9.66. The smallest absolute Gasteiger partial charge is 0.233 e. The highest BCUT2D eigenvalue weighted by molar-refractivity contribution is 6.30. The molecule has 1 fully saturated rings. The molecule has 2 N–H and O–H groups in total. The summed E-state index contributed by atoms with van der Waals surface area (Å²) in [5.41, 5.74) is -0.0423. The molecule has 3 nitrogen and oxygen atoms in total. The van der Waals surface area contributed by atoms with E-state index in [9.17, 15) is 9.90 Å². The van der Waals surface area contributed by atoms with Crippen molar-refractivity contribution >= 4 is 17.5 Å². The van der Waals surface area contributed by atoms with Gasteiger partial charge in [0.2, 0.25) is 5.91 Å². The van der Waals surface area contributed by atoms with Gasteiger partial charge in [0.1, 0.15) is 0 Å². The number of likely N-dealkylation sites (N-methyl/N-ethyl adjacent to an activating group) is 1. The molecule has 0 radical (unpaired) electrons. The van der Waals surface area contributed by atoms with Crippen LogP contribution in [0, 0.1) is 0 Å². The number of aliphatic hydroxyl groups is 1. The second-order valence-electron chi connectivity index (χ2n) is 4.82. The molecule has 0 aliphatic heterocycles. The third-order valence-electron chi connectivity index (χ3n) is 3.84. The molecule has 0 aromatic heterocycles. The monoisotopic (exact) mass is 267 g/mol. The van der Waals surface area contributed by atoms with Gasteiger partial charge in [0, 0.05) is 12.1 Å². The number of nitrogens with one attached hydrogen (secondary N) is 1. The average molecular weight is 268 g/mol. The molecule has 1 aliphatic carbocycles. The van der Waals surface area contributed by atoms with E-state index in [-0.39, 0.29) is 5.91 Å². The van der Waals surface area contributed by atoms with Gasteiger partial charge in [-0.25, -0.2) is 0 Å². The summed E-state index contributed by atoms with van der Waals surface area (Å²) in [6.45, 7) is 0. The number of carbonyl (C=O) groups excluding carboxylic acids is 1. The minimum Gasteiger partial charge on any atom is -0.392 e. The van der Waals surface area contributed by atoms with Crippen LogP contribution in [0.3, 0.4) is 0 Å². The Bertz CT molecular complexity index is 449. The van der Waals surface area contributed by atoms with Crippen molar-refractivity contribution in [3.05, 3.63) is 34.9 Å². The fourth-order valence-electron chi connectivity index (χ4n) is 2.88. The highest BCUT2D eigenvalue weighted by Gasteiger charge is 2.47. The fraction of sp³-hybridized carbons (Fsp3) is 0.500. The van der Waals surface area contributed by atoms with Crippen LogP contribution in [-0.2, 0) is 10.2 Å². The Kier molecular flexibility index (Phi) is 3.93. The Labute approximate surface area is 112 Å². The van der Waals surface area contributed by atoms with Crippen molar-refractivity contribution in [2.75, 3.05) is 7.05 Å². The van der Waals surface area contributed by atoms with Gasteiger partial charge < -0.3 is 10.4 Å². The summed E-state index contributed by atoms with van der Waals surface area (Å²) in [6.07, 6.45) is 2.57. The van der Waals surface area contributed by atoms with Gasteiger partial charge in [-0.3, -0.25) is 4.79 Å². The second kappa shape index (κ2) is 5.29. The summed E-state index contributed by atoms with van der Waals surface area (Å²) in [5, 5.41) is 13.6. The van der Waals surface area contributed by atoms with Crippen LogP contribution in [0.2, 0.25) is 5.02 Å². The van der Waals surface area contributed by atoms with Gasteiger partial charge in [-0.1, -0.05) is 36.6 Å². The minimum absolute atomic E-state index is 0.128. The lowest BCUT2D eigenvalue weighted by molar-refractivity contribution is -0.132. The van der Waals surface area contributed by atoms with E-state index in [1.165, 1.54) is 0 Å². The standard InChI is InChI=1S/C14H18ClNO2/c1-16-13(18)14(8-3-2-7-12(14)17)10-5-4-6-11(15)9-10/h4-6,9,12,17H,2-3,7-8H2,1H3,(H,16,18)/t12-,14-/m1/s1. The number of aliphatic hydroxyl groups excluding tert-OH is 1. The molecule has 1 aliphatic rings. The van der Waals surface area contributed by atoms with Crippen molar-refractivity contribution in [1.82, 2.24) is 5.32 Å². The molecule has 1 aromatic carbocycles. The number of amides is 1. The molecule has 1 amide bonds. The maximum Gasteiger partial charge on any atom is 0.233 e. The van der Waals surface area contributed by atoms with Gasteiger partial charge in [0.05, 0.1) is 11.5 Å². The summed E-state index contributed by atoms with van der Waals surface area (Å²) in [7, 11) is 1.61. The predicted octanol–water partition coefficient (Wildman–Crippen LogP) is 2.26. The van der Waals surface area contributed by atoms with Gasteiger partial charge in [-0.05, 0) is 30.5 Å². The van der Waals surface area contributed by atoms with Gasteiger partial charge in [-0.15, -0.1) is 0 Å². The van der Waals surface area contributed by atoms with Crippen LogP contribution < -0.4 is 5.32 Å². The Morgan fingerprint density at radius 3 is 2.89 bits per heavy atom. The highest BCUT2D eigenvalue weighted by atomic mass is 35.5. The summed E-state index contributed by atoms with van der Waals surface area (Å²) in [5.74, 6) is -0.128. The molecule has 1 aromatic rings. The van der Waals surface area contributed by atoms with Crippen molar-refractivity contribution in [3.8, 4) is 0 Å². The van der Waals surface area contributed by atoms with Crippen molar-refractivity contribution in [2.24, 2.45) is 0 Å². The van der Waals surface area contributed by atoms with Crippen LogP contribution in [0.4, 0.5) is 0 Å². The average Bonchev–Trinajstić information content (AvgIpc) is 2.38. The topological polar surface area (TPSA) is 49.3 Å². The normalized spacial score (nSPS) is 27.8. The Morgan fingerprint density at radius 1 is 1.50 bits per heavy atom. The third-order valence-corrected chi connectivity index (χ3v) is 4.07. The minimum atomic E-state index is -0.849. The number of hydrogen-bond acceptors (Lipinski definition) is 2. The molecule has 4 heteroatoms. The van der Waals surface area contributed by atoms with Crippen LogP contribution in [0.15, 0.2) is 24.3 Å².